The number of hydrogen-bond acceptors (Lipinski definition) is 3. The van der Waals surface area contributed by atoms with Crippen molar-refractivity contribution in [2.75, 3.05) is 5.32 Å². The molecule has 1 unspecified atom stereocenters. The Kier molecular flexibility index (Phi) is 3.61. The van der Waals surface area contributed by atoms with Gasteiger partial charge in [0.15, 0.2) is 0 Å². The third-order valence-electron chi connectivity index (χ3n) is 3.46. The maximum absolute atomic E-state index is 12.3. The number of para-hydroxylation sites is 1. The Bertz CT molecular complexity index is 724. The first kappa shape index (κ1) is 13.9. The molecule has 0 saturated carbocycles. The molecule has 0 radical (unpaired) electrons. The molecule has 0 bridgehead atoms. The molecule has 3 amide bonds. The zero-order valence-electron chi connectivity index (χ0n) is 11.6. The highest BCUT2D eigenvalue weighted by molar-refractivity contribution is 6.02. The van der Waals surface area contributed by atoms with Gasteiger partial charge in [-0.3, -0.25) is 25.2 Å². The van der Waals surface area contributed by atoms with Gasteiger partial charge in [0.1, 0.15) is 5.69 Å². The van der Waals surface area contributed by atoms with Crippen LogP contribution < -0.4 is 16.2 Å². The number of aromatic amines is 1. The van der Waals surface area contributed by atoms with Crippen molar-refractivity contribution < 1.29 is 14.4 Å². The average Bonchev–Trinajstić information content (AvgIpc) is 3.06. The standard InChI is InChI=1S/C15H14N4O3/c20-13-8-10(9-4-1-2-5-11(9)17-13)14(21)18-19-15(22)12-6-3-7-16-12/h1-7,10,16H,8H2,(H,17,20)(H,18,21)(H,19,22). The average molecular weight is 298 g/mol. The van der Waals surface area contributed by atoms with Crippen molar-refractivity contribution in [2.24, 2.45) is 0 Å². The second kappa shape index (κ2) is 5.72. The van der Waals surface area contributed by atoms with E-state index in [1.165, 1.54) is 0 Å². The Balaban J connectivity index is 1.70. The second-order valence-electron chi connectivity index (χ2n) is 4.92. The van der Waals surface area contributed by atoms with E-state index in [1.54, 1.807) is 42.6 Å². The van der Waals surface area contributed by atoms with Gasteiger partial charge in [0, 0.05) is 18.3 Å². The molecule has 7 heteroatoms. The molecular weight excluding hydrogens is 284 g/mol. The highest BCUT2D eigenvalue weighted by Crippen LogP contribution is 2.31. The summed E-state index contributed by atoms with van der Waals surface area (Å²) in [4.78, 5) is 38.4. The topological polar surface area (TPSA) is 103 Å². The highest BCUT2D eigenvalue weighted by atomic mass is 16.2. The molecule has 0 fully saturated rings. The first-order chi connectivity index (χ1) is 10.6. The van der Waals surface area contributed by atoms with E-state index >= 15 is 0 Å². The number of rotatable bonds is 2. The van der Waals surface area contributed by atoms with Crippen LogP contribution in [0.3, 0.4) is 0 Å². The number of hydrazine groups is 1. The number of amides is 3. The van der Waals surface area contributed by atoms with Crippen LogP contribution in [-0.2, 0) is 9.59 Å². The Labute approximate surface area is 126 Å². The van der Waals surface area contributed by atoms with E-state index in [1.807, 2.05) is 0 Å². The minimum atomic E-state index is -0.631. The summed E-state index contributed by atoms with van der Waals surface area (Å²) in [5.41, 5.74) is 6.38. The number of nitrogens with one attached hydrogen (secondary N) is 4. The van der Waals surface area contributed by atoms with E-state index in [9.17, 15) is 14.4 Å². The Morgan fingerprint density at radius 3 is 2.68 bits per heavy atom. The van der Waals surface area contributed by atoms with Crippen molar-refractivity contribution in [2.45, 2.75) is 12.3 Å². The quantitative estimate of drug-likeness (QED) is 0.619. The zero-order valence-corrected chi connectivity index (χ0v) is 11.6. The maximum Gasteiger partial charge on any atom is 0.286 e. The van der Waals surface area contributed by atoms with Crippen LogP contribution in [0.1, 0.15) is 28.4 Å². The normalized spacial score (nSPS) is 16.4. The number of aromatic nitrogens is 1. The van der Waals surface area contributed by atoms with Crippen LogP contribution in [0.2, 0.25) is 0 Å². The summed E-state index contributed by atoms with van der Waals surface area (Å²) in [5, 5.41) is 2.72. The van der Waals surface area contributed by atoms with Crippen LogP contribution in [0, 0.1) is 0 Å². The van der Waals surface area contributed by atoms with Crippen molar-refractivity contribution >= 4 is 23.4 Å². The summed E-state index contributed by atoms with van der Waals surface area (Å²) < 4.78 is 0. The predicted molar refractivity (Wildman–Crippen MR) is 78.8 cm³/mol. The van der Waals surface area contributed by atoms with Gasteiger partial charge in [-0.2, -0.15) is 0 Å². The molecule has 4 N–H and O–H groups in total. The largest absolute Gasteiger partial charge is 0.357 e. The van der Waals surface area contributed by atoms with Gasteiger partial charge in [0.05, 0.1) is 5.92 Å². The fourth-order valence-corrected chi connectivity index (χ4v) is 2.39. The van der Waals surface area contributed by atoms with Crippen molar-refractivity contribution in [3.8, 4) is 0 Å². The molecule has 2 aromatic rings. The molecule has 0 saturated heterocycles. The highest BCUT2D eigenvalue weighted by Gasteiger charge is 2.30. The molecule has 112 valence electrons. The van der Waals surface area contributed by atoms with Gasteiger partial charge in [-0.25, -0.2) is 0 Å². The van der Waals surface area contributed by atoms with Gasteiger partial charge in [-0.1, -0.05) is 18.2 Å². The van der Waals surface area contributed by atoms with Crippen LogP contribution in [0.4, 0.5) is 5.69 Å². The number of hydrogen-bond donors (Lipinski definition) is 4. The van der Waals surface area contributed by atoms with Crippen molar-refractivity contribution in [3.05, 3.63) is 53.9 Å². The van der Waals surface area contributed by atoms with Crippen molar-refractivity contribution in [1.82, 2.24) is 15.8 Å². The first-order valence-electron chi connectivity index (χ1n) is 6.77. The molecule has 1 aromatic carbocycles. The summed E-state index contributed by atoms with van der Waals surface area (Å²) in [6.45, 7) is 0. The third-order valence-corrected chi connectivity index (χ3v) is 3.46. The van der Waals surface area contributed by atoms with Gasteiger partial charge in [0.25, 0.3) is 5.91 Å². The SMILES string of the molecule is O=C1CC(C(=O)NNC(=O)c2ccc[nH]2)c2ccccc2N1. The third kappa shape index (κ3) is 2.69. The monoisotopic (exact) mass is 298 g/mol. The molecule has 1 atom stereocenters. The molecular formula is C15H14N4O3. The summed E-state index contributed by atoms with van der Waals surface area (Å²) in [6, 6.07) is 10.4. The summed E-state index contributed by atoms with van der Waals surface area (Å²) in [7, 11) is 0. The lowest BCUT2D eigenvalue weighted by Gasteiger charge is -2.24. The lowest BCUT2D eigenvalue weighted by molar-refractivity contribution is -0.126. The number of H-pyrrole nitrogens is 1. The van der Waals surface area contributed by atoms with Crippen LogP contribution in [0.15, 0.2) is 42.6 Å². The Hall–Kier alpha value is -3.09. The van der Waals surface area contributed by atoms with Gasteiger partial charge in [-0.05, 0) is 23.8 Å². The zero-order chi connectivity index (χ0) is 15.5. The van der Waals surface area contributed by atoms with Gasteiger partial charge < -0.3 is 10.3 Å². The van der Waals surface area contributed by atoms with Crippen molar-refractivity contribution in [1.29, 1.82) is 0 Å². The van der Waals surface area contributed by atoms with E-state index in [0.29, 0.717) is 11.4 Å². The summed E-state index contributed by atoms with van der Waals surface area (Å²) >= 11 is 0. The van der Waals surface area contributed by atoms with E-state index in [4.69, 9.17) is 0 Å². The molecule has 1 aromatic heterocycles. The number of anilines is 1. The molecule has 1 aliphatic rings. The van der Waals surface area contributed by atoms with Gasteiger partial charge >= 0.3 is 0 Å². The smallest absolute Gasteiger partial charge is 0.286 e. The minimum absolute atomic E-state index is 0.0429. The minimum Gasteiger partial charge on any atom is -0.357 e. The molecule has 7 nitrogen and oxygen atoms in total. The number of carbonyl (C=O) groups excluding carboxylic acids is 3. The molecule has 2 heterocycles. The summed E-state index contributed by atoms with van der Waals surface area (Å²) in [5.74, 6) is -1.74. The lowest BCUT2D eigenvalue weighted by atomic mass is 9.90. The Morgan fingerprint density at radius 2 is 1.91 bits per heavy atom. The predicted octanol–water partition coefficient (Wildman–Crippen LogP) is 0.902. The first-order valence-corrected chi connectivity index (χ1v) is 6.77. The Morgan fingerprint density at radius 1 is 1.09 bits per heavy atom. The molecule has 3 rings (SSSR count). The maximum atomic E-state index is 12.3. The van der Waals surface area contributed by atoms with E-state index in [0.717, 1.165) is 5.56 Å². The van der Waals surface area contributed by atoms with Crippen LogP contribution in [-0.4, -0.2) is 22.7 Å². The second-order valence-corrected chi connectivity index (χ2v) is 4.92. The van der Waals surface area contributed by atoms with Crippen LogP contribution in [0.25, 0.3) is 0 Å². The molecule has 0 spiro atoms. The van der Waals surface area contributed by atoms with Gasteiger partial charge in [-0.15, -0.1) is 0 Å². The van der Waals surface area contributed by atoms with Crippen LogP contribution in [0.5, 0.6) is 0 Å². The molecule has 1 aliphatic heterocycles. The van der Waals surface area contributed by atoms with Crippen LogP contribution >= 0.6 is 0 Å². The number of carbonyl (C=O) groups is 3. The van der Waals surface area contributed by atoms with E-state index < -0.39 is 17.7 Å². The fourth-order valence-electron chi connectivity index (χ4n) is 2.39. The fraction of sp³-hybridized carbons (Fsp3) is 0.133. The lowest BCUT2D eigenvalue weighted by Crippen LogP contribution is -2.45. The number of fused-ring (bicyclic) bond motifs is 1. The van der Waals surface area contributed by atoms with E-state index in [-0.39, 0.29) is 12.3 Å². The van der Waals surface area contributed by atoms with E-state index in [2.05, 4.69) is 21.2 Å². The molecule has 22 heavy (non-hydrogen) atoms. The molecule has 0 aliphatic carbocycles. The summed E-state index contributed by atoms with van der Waals surface area (Å²) in [6.07, 6.45) is 1.65. The number of benzene rings is 1. The van der Waals surface area contributed by atoms with Gasteiger partial charge in [0.2, 0.25) is 11.8 Å². The van der Waals surface area contributed by atoms with Crippen molar-refractivity contribution in [3.63, 3.8) is 0 Å².